The van der Waals surface area contributed by atoms with Crippen LogP contribution in [0.1, 0.15) is 446 Å². The molecule has 19 heteroatoms. The molecule has 5 atom stereocenters. The van der Waals surface area contributed by atoms with Crippen LogP contribution in [-0.2, 0) is 65.4 Å². The number of aliphatic hydroxyl groups is 1. The van der Waals surface area contributed by atoms with E-state index >= 15 is 0 Å². The Bertz CT molecular complexity index is 1980. The van der Waals surface area contributed by atoms with E-state index in [1.54, 1.807) is 0 Å². The van der Waals surface area contributed by atoms with E-state index in [9.17, 15) is 43.2 Å². The van der Waals surface area contributed by atoms with E-state index < -0.39 is 97.5 Å². The van der Waals surface area contributed by atoms with Crippen LogP contribution in [0.2, 0.25) is 0 Å². The van der Waals surface area contributed by atoms with Crippen molar-refractivity contribution >= 4 is 39.5 Å². The summed E-state index contributed by atoms with van der Waals surface area (Å²) < 4.78 is 68.8. The van der Waals surface area contributed by atoms with E-state index in [1.165, 1.54) is 257 Å². The number of hydrogen-bond donors (Lipinski definition) is 3. The molecule has 2 unspecified atom stereocenters. The molecule has 0 bridgehead atoms. The van der Waals surface area contributed by atoms with E-state index in [1.807, 2.05) is 0 Å². The summed E-state index contributed by atoms with van der Waals surface area (Å²) in [5, 5.41) is 10.7. The fourth-order valence-electron chi connectivity index (χ4n) is 13.1. The zero-order chi connectivity index (χ0) is 75.6. The third kappa shape index (κ3) is 78.0. The van der Waals surface area contributed by atoms with Crippen molar-refractivity contribution in [1.29, 1.82) is 0 Å². The minimum Gasteiger partial charge on any atom is -0.462 e. The average molecular weight is 1510 g/mol. The van der Waals surface area contributed by atoms with Crippen LogP contribution in [0.15, 0.2) is 0 Å². The molecule has 3 N–H and O–H groups in total. The molecule has 612 valence electrons. The summed E-state index contributed by atoms with van der Waals surface area (Å²) in [6.07, 6.45) is 66.9. The summed E-state index contributed by atoms with van der Waals surface area (Å²) in [7, 11) is -9.92. The maximum absolute atomic E-state index is 13.1. The molecule has 0 heterocycles. The second kappa shape index (κ2) is 75.5. The summed E-state index contributed by atoms with van der Waals surface area (Å²) in [6, 6.07) is 0. The van der Waals surface area contributed by atoms with Crippen LogP contribution in [0.3, 0.4) is 0 Å². The molecule has 0 fully saturated rings. The quantitative estimate of drug-likeness (QED) is 0.0222. The zero-order valence-electron chi connectivity index (χ0n) is 67.6. The molecular weight excluding hydrogens is 1340 g/mol. The van der Waals surface area contributed by atoms with Crippen molar-refractivity contribution in [3.8, 4) is 0 Å². The topological polar surface area (TPSA) is 237 Å². The Labute approximate surface area is 632 Å². The number of aliphatic hydroxyl groups excluding tert-OH is 1. The Balaban J connectivity index is 5.21. The number of ether oxygens (including phenoxy) is 4. The van der Waals surface area contributed by atoms with Crippen molar-refractivity contribution in [2.24, 2.45) is 11.8 Å². The molecule has 0 aromatic carbocycles. The standard InChI is InChI=1S/C84H164O17P2/c1-7-9-11-13-15-17-19-21-23-24-25-26-27-33-37-41-45-49-57-63-68-83(88)100-79(72-94-81(86)66-60-54-47-43-39-35-32-29-28-31-34-38-42-46-52-58-64-76(3)4)74-98-102(90,91)96-70-78(85)71-97-103(92,93)99-75-80(73-95-82(87)67-61-55-51-50-53-59-65-77(5)6)101-84(89)69-62-56-48-44-40-36-30-22-20-18-16-14-12-10-8-2/h76-80,85H,7-75H2,1-6H3,(H,90,91)(H,92,93)/t78-,79-,80-/m1/s1. The van der Waals surface area contributed by atoms with Crippen molar-refractivity contribution < 1.29 is 80.2 Å². The van der Waals surface area contributed by atoms with Crippen molar-refractivity contribution in [1.82, 2.24) is 0 Å². The molecule has 0 rings (SSSR count). The molecule has 0 saturated heterocycles. The first kappa shape index (κ1) is 101. The highest BCUT2D eigenvalue weighted by Crippen LogP contribution is 2.45. The molecule has 0 aliphatic rings. The number of hydrogen-bond acceptors (Lipinski definition) is 15. The van der Waals surface area contributed by atoms with Gasteiger partial charge in [0.15, 0.2) is 12.2 Å². The number of carbonyl (C=O) groups excluding carboxylic acids is 4. The highest BCUT2D eigenvalue weighted by atomic mass is 31.2. The molecular formula is C84H164O17P2. The van der Waals surface area contributed by atoms with Gasteiger partial charge in [0.2, 0.25) is 0 Å². The molecule has 0 saturated carbocycles. The fourth-order valence-corrected chi connectivity index (χ4v) is 14.6. The number of rotatable bonds is 83. The van der Waals surface area contributed by atoms with Crippen molar-refractivity contribution in [3.05, 3.63) is 0 Å². The van der Waals surface area contributed by atoms with E-state index in [0.29, 0.717) is 31.6 Å². The summed E-state index contributed by atoms with van der Waals surface area (Å²) >= 11 is 0. The normalized spacial score (nSPS) is 13.9. The van der Waals surface area contributed by atoms with E-state index in [4.69, 9.17) is 37.0 Å². The lowest BCUT2D eigenvalue weighted by Crippen LogP contribution is -2.30. The molecule has 17 nitrogen and oxygen atoms in total. The second-order valence-corrected chi connectivity index (χ2v) is 34.1. The number of phosphoric acid groups is 2. The minimum absolute atomic E-state index is 0.107. The molecule has 0 amide bonds. The summed E-state index contributed by atoms with van der Waals surface area (Å²) in [5.41, 5.74) is 0. The molecule has 0 aromatic heterocycles. The van der Waals surface area contributed by atoms with Gasteiger partial charge in [-0.2, -0.15) is 0 Å². The number of phosphoric ester groups is 2. The van der Waals surface area contributed by atoms with Gasteiger partial charge in [0, 0.05) is 25.7 Å². The lowest BCUT2D eigenvalue weighted by molar-refractivity contribution is -0.161. The first-order valence-electron chi connectivity index (χ1n) is 43.5. The molecule has 0 aliphatic carbocycles. The number of carbonyl (C=O) groups is 4. The zero-order valence-corrected chi connectivity index (χ0v) is 69.4. The lowest BCUT2D eigenvalue weighted by atomic mass is 10.0. The van der Waals surface area contributed by atoms with Gasteiger partial charge in [0.1, 0.15) is 19.3 Å². The third-order valence-corrected chi connectivity index (χ3v) is 21.6. The van der Waals surface area contributed by atoms with Crippen LogP contribution in [0, 0.1) is 11.8 Å². The van der Waals surface area contributed by atoms with Gasteiger partial charge in [0.25, 0.3) is 0 Å². The first-order valence-corrected chi connectivity index (χ1v) is 46.5. The second-order valence-electron chi connectivity index (χ2n) is 31.2. The van der Waals surface area contributed by atoms with Gasteiger partial charge in [0.05, 0.1) is 26.4 Å². The van der Waals surface area contributed by atoms with Gasteiger partial charge < -0.3 is 33.8 Å². The third-order valence-electron chi connectivity index (χ3n) is 19.7. The van der Waals surface area contributed by atoms with Crippen LogP contribution in [0.5, 0.6) is 0 Å². The van der Waals surface area contributed by atoms with Gasteiger partial charge in [-0.05, 0) is 37.5 Å². The predicted molar refractivity (Wildman–Crippen MR) is 423 cm³/mol. The van der Waals surface area contributed by atoms with Crippen LogP contribution in [-0.4, -0.2) is 96.7 Å². The smallest absolute Gasteiger partial charge is 0.462 e. The fraction of sp³-hybridized carbons (Fsp3) is 0.952. The first-order chi connectivity index (χ1) is 49.9. The molecule has 0 radical (unpaired) electrons. The maximum atomic E-state index is 13.1. The average Bonchev–Trinajstić information content (AvgIpc) is 0.913. The lowest BCUT2D eigenvalue weighted by Gasteiger charge is -2.21. The van der Waals surface area contributed by atoms with Crippen molar-refractivity contribution in [3.63, 3.8) is 0 Å². The largest absolute Gasteiger partial charge is 0.472 e. The summed E-state index contributed by atoms with van der Waals surface area (Å²) in [4.78, 5) is 73.1. The van der Waals surface area contributed by atoms with Gasteiger partial charge in [-0.15, -0.1) is 0 Å². The Morgan fingerprint density at radius 1 is 0.262 bits per heavy atom. The summed E-state index contributed by atoms with van der Waals surface area (Å²) in [5.74, 6) is -0.614. The van der Waals surface area contributed by atoms with Gasteiger partial charge >= 0.3 is 39.5 Å². The molecule has 0 aliphatic heterocycles. The van der Waals surface area contributed by atoms with E-state index in [0.717, 1.165) is 102 Å². The van der Waals surface area contributed by atoms with Crippen molar-refractivity contribution in [2.45, 2.75) is 464 Å². The van der Waals surface area contributed by atoms with E-state index in [2.05, 4.69) is 41.5 Å². The highest BCUT2D eigenvalue weighted by molar-refractivity contribution is 7.47. The highest BCUT2D eigenvalue weighted by Gasteiger charge is 2.30. The van der Waals surface area contributed by atoms with Crippen LogP contribution >= 0.6 is 15.6 Å². The Morgan fingerprint density at radius 2 is 0.447 bits per heavy atom. The monoisotopic (exact) mass is 1510 g/mol. The van der Waals surface area contributed by atoms with Crippen LogP contribution in [0.4, 0.5) is 0 Å². The van der Waals surface area contributed by atoms with Gasteiger partial charge in [-0.25, -0.2) is 9.13 Å². The predicted octanol–water partition coefficient (Wildman–Crippen LogP) is 25.5. The molecule has 0 aromatic rings. The Morgan fingerprint density at radius 3 is 0.660 bits per heavy atom. The number of esters is 4. The van der Waals surface area contributed by atoms with Crippen molar-refractivity contribution in [2.75, 3.05) is 39.6 Å². The maximum Gasteiger partial charge on any atom is 0.472 e. The number of unbranched alkanes of at least 4 members (excludes halogenated alkanes) is 53. The Kier molecular flexibility index (Phi) is 74.1. The van der Waals surface area contributed by atoms with E-state index in [-0.39, 0.29) is 25.7 Å². The SMILES string of the molecule is CCCCCCCCCCCCCCCCCCCCCCC(=O)O[C@H](COC(=O)CCCCCCCCCCCCCCCCCCC(C)C)COP(=O)(O)OC[C@@H](O)COP(=O)(O)OC[C@@H](COC(=O)CCCCCCCCC(C)C)OC(=O)CCCCCCCCCCCCCCCCC. The minimum atomic E-state index is -4.96. The molecule has 0 spiro atoms. The molecule has 103 heavy (non-hydrogen) atoms. The van der Waals surface area contributed by atoms with Gasteiger partial charge in [-0.3, -0.25) is 37.3 Å². The Hall–Kier alpha value is -1.94. The van der Waals surface area contributed by atoms with Crippen LogP contribution in [0.25, 0.3) is 0 Å². The van der Waals surface area contributed by atoms with Gasteiger partial charge in [-0.1, -0.05) is 395 Å². The summed E-state index contributed by atoms with van der Waals surface area (Å²) in [6.45, 7) is 9.61. The van der Waals surface area contributed by atoms with Crippen LogP contribution < -0.4 is 0 Å².